The third-order valence-corrected chi connectivity index (χ3v) is 4.04. The van der Waals surface area contributed by atoms with Crippen LogP contribution in [0.25, 0.3) is 0 Å². The number of rotatable bonds is 7. The number of aliphatic imine (C=N–C) groups is 1. The molecule has 0 radical (unpaired) electrons. The molecule has 0 atom stereocenters. The Morgan fingerprint density at radius 1 is 0.846 bits per heavy atom. The summed E-state index contributed by atoms with van der Waals surface area (Å²) < 4.78 is 16.2. The molecule has 140 valence electrons. The minimum Gasteiger partial charge on any atom is -0.493 e. The van der Waals surface area contributed by atoms with Gasteiger partial charge in [-0.3, -0.25) is 4.99 Å². The number of hydrogen-bond acceptors (Lipinski definition) is 4. The summed E-state index contributed by atoms with van der Waals surface area (Å²) in [6.45, 7) is 3.31. The summed E-state index contributed by atoms with van der Waals surface area (Å²) in [5, 5.41) is 6.60. The quantitative estimate of drug-likeness (QED) is 0.589. The maximum absolute atomic E-state index is 5.51. The van der Waals surface area contributed by atoms with Gasteiger partial charge in [0.25, 0.3) is 0 Å². The minimum atomic E-state index is 0.539. The van der Waals surface area contributed by atoms with E-state index >= 15 is 0 Å². The van der Waals surface area contributed by atoms with Gasteiger partial charge in [0.05, 0.1) is 21.3 Å². The molecule has 0 saturated carbocycles. The molecule has 0 fully saturated rings. The Morgan fingerprint density at radius 3 is 2.08 bits per heavy atom. The first-order valence-electron chi connectivity index (χ1n) is 8.40. The average Bonchev–Trinajstić information content (AvgIpc) is 2.68. The standard InChI is InChI=1S/C20H27N3O3/c1-14-6-8-15(9-7-14)12-22-20(21-2)23-13-16-10-11-17(24-3)19(26-5)18(16)25-4/h6-11H,12-13H2,1-5H3,(H2,21,22,23). The van der Waals surface area contributed by atoms with Crippen molar-refractivity contribution in [3.8, 4) is 17.2 Å². The zero-order valence-corrected chi connectivity index (χ0v) is 16.1. The molecule has 6 heteroatoms. The molecular weight excluding hydrogens is 330 g/mol. The van der Waals surface area contributed by atoms with Gasteiger partial charge in [-0.05, 0) is 24.6 Å². The Labute approximate surface area is 155 Å². The first-order valence-corrected chi connectivity index (χ1v) is 8.40. The summed E-state index contributed by atoms with van der Waals surface area (Å²) in [5.41, 5.74) is 3.39. The van der Waals surface area contributed by atoms with Crippen LogP contribution in [0.2, 0.25) is 0 Å². The van der Waals surface area contributed by atoms with Gasteiger partial charge in [0.1, 0.15) is 0 Å². The lowest BCUT2D eigenvalue weighted by atomic mass is 10.1. The summed E-state index contributed by atoms with van der Waals surface area (Å²) in [5.74, 6) is 2.57. The molecule has 0 aliphatic heterocycles. The molecule has 0 aliphatic carbocycles. The molecule has 0 bridgehead atoms. The topological polar surface area (TPSA) is 64.1 Å². The van der Waals surface area contributed by atoms with Gasteiger partial charge in [-0.15, -0.1) is 0 Å². The number of nitrogens with one attached hydrogen (secondary N) is 2. The van der Waals surface area contributed by atoms with Gasteiger partial charge in [0.2, 0.25) is 5.75 Å². The normalized spacial score (nSPS) is 11.0. The molecule has 6 nitrogen and oxygen atoms in total. The predicted molar refractivity (Wildman–Crippen MR) is 104 cm³/mol. The number of methoxy groups -OCH3 is 3. The van der Waals surface area contributed by atoms with Crippen molar-refractivity contribution in [1.29, 1.82) is 0 Å². The third-order valence-electron chi connectivity index (χ3n) is 4.04. The molecule has 0 heterocycles. The lowest BCUT2D eigenvalue weighted by Crippen LogP contribution is -2.36. The highest BCUT2D eigenvalue weighted by atomic mass is 16.5. The van der Waals surface area contributed by atoms with E-state index in [1.165, 1.54) is 11.1 Å². The first-order chi connectivity index (χ1) is 12.6. The SMILES string of the molecule is CN=C(NCc1ccc(C)cc1)NCc1ccc(OC)c(OC)c1OC. The number of aryl methyl sites for hydroxylation is 1. The summed E-state index contributed by atoms with van der Waals surface area (Å²) in [4.78, 5) is 4.27. The molecule has 0 aliphatic rings. The molecule has 2 rings (SSSR count). The van der Waals surface area contributed by atoms with Gasteiger partial charge in [-0.2, -0.15) is 0 Å². The number of guanidine groups is 1. The van der Waals surface area contributed by atoms with Crippen LogP contribution in [-0.2, 0) is 13.1 Å². The van der Waals surface area contributed by atoms with Crippen LogP contribution in [0.15, 0.2) is 41.4 Å². The van der Waals surface area contributed by atoms with Crippen LogP contribution in [0, 0.1) is 6.92 Å². The number of benzene rings is 2. The Balaban J connectivity index is 2.02. The van der Waals surface area contributed by atoms with Crippen LogP contribution < -0.4 is 24.8 Å². The van der Waals surface area contributed by atoms with Crippen molar-refractivity contribution < 1.29 is 14.2 Å². The van der Waals surface area contributed by atoms with Crippen molar-refractivity contribution in [1.82, 2.24) is 10.6 Å². The second-order valence-corrected chi connectivity index (χ2v) is 5.76. The lowest BCUT2D eigenvalue weighted by Gasteiger charge is -2.17. The van der Waals surface area contributed by atoms with Gasteiger partial charge < -0.3 is 24.8 Å². The molecule has 2 aromatic carbocycles. The smallest absolute Gasteiger partial charge is 0.203 e. The Hall–Kier alpha value is -2.89. The molecule has 2 aromatic rings. The highest BCUT2D eigenvalue weighted by Gasteiger charge is 2.15. The fraction of sp³-hybridized carbons (Fsp3) is 0.350. The summed E-state index contributed by atoms with van der Waals surface area (Å²) in [6.07, 6.45) is 0. The molecule has 26 heavy (non-hydrogen) atoms. The Morgan fingerprint density at radius 2 is 1.50 bits per heavy atom. The Kier molecular flexibility index (Phi) is 7.14. The summed E-state index contributed by atoms with van der Waals surface area (Å²) in [7, 11) is 6.56. The Bertz CT molecular complexity index is 743. The fourth-order valence-electron chi connectivity index (χ4n) is 2.59. The third kappa shape index (κ3) is 4.81. The van der Waals surface area contributed by atoms with Gasteiger partial charge in [0.15, 0.2) is 17.5 Å². The van der Waals surface area contributed by atoms with Crippen molar-refractivity contribution in [2.24, 2.45) is 4.99 Å². The van der Waals surface area contributed by atoms with Gasteiger partial charge >= 0.3 is 0 Å². The van der Waals surface area contributed by atoms with Crippen molar-refractivity contribution in [3.05, 3.63) is 53.1 Å². The lowest BCUT2D eigenvalue weighted by molar-refractivity contribution is 0.322. The molecule has 0 spiro atoms. The van der Waals surface area contributed by atoms with Crippen molar-refractivity contribution in [2.75, 3.05) is 28.4 Å². The van der Waals surface area contributed by atoms with Gasteiger partial charge in [-0.1, -0.05) is 29.8 Å². The van der Waals surface area contributed by atoms with Crippen LogP contribution in [0.4, 0.5) is 0 Å². The van der Waals surface area contributed by atoms with Crippen molar-refractivity contribution in [3.63, 3.8) is 0 Å². The fourth-order valence-corrected chi connectivity index (χ4v) is 2.59. The molecular formula is C20H27N3O3. The predicted octanol–water partition coefficient (Wildman–Crippen LogP) is 2.89. The molecule has 0 aromatic heterocycles. The largest absolute Gasteiger partial charge is 0.493 e. The molecule has 0 saturated heterocycles. The zero-order chi connectivity index (χ0) is 18.9. The molecule has 2 N–H and O–H groups in total. The van der Waals surface area contributed by atoms with Crippen molar-refractivity contribution in [2.45, 2.75) is 20.0 Å². The van der Waals surface area contributed by atoms with Crippen LogP contribution in [0.1, 0.15) is 16.7 Å². The highest BCUT2D eigenvalue weighted by molar-refractivity contribution is 5.79. The van der Waals surface area contributed by atoms with E-state index in [0.29, 0.717) is 36.3 Å². The monoisotopic (exact) mass is 357 g/mol. The van der Waals surface area contributed by atoms with E-state index in [-0.39, 0.29) is 0 Å². The van der Waals surface area contributed by atoms with Crippen LogP contribution >= 0.6 is 0 Å². The van der Waals surface area contributed by atoms with E-state index in [4.69, 9.17) is 14.2 Å². The molecule has 0 unspecified atom stereocenters. The second-order valence-electron chi connectivity index (χ2n) is 5.76. The van der Waals surface area contributed by atoms with E-state index in [1.807, 2.05) is 12.1 Å². The maximum atomic E-state index is 5.51. The van der Waals surface area contributed by atoms with E-state index in [2.05, 4.69) is 46.8 Å². The average molecular weight is 357 g/mol. The number of ether oxygens (including phenoxy) is 3. The van der Waals surface area contributed by atoms with E-state index in [1.54, 1.807) is 28.4 Å². The molecule has 0 amide bonds. The first kappa shape index (κ1) is 19.4. The van der Waals surface area contributed by atoms with Gasteiger partial charge in [-0.25, -0.2) is 0 Å². The highest BCUT2D eigenvalue weighted by Crippen LogP contribution is 2.39. The van der Waals surface area contributed by atoms with Crippen LogP contribution in [-0.4, -0.2) is 34.3 Å². The zero-order valence-electron chi connectivity index (χ0n) is 16.1. The summed E-state index contributed by atoms with van der Waals surface area (Å²) >= 11 is 0. The van der Waals surface area contributed by atoms with Crippen LogP contribution in [0.5, 0.6) is 17.2 Å². The van der Waals surface area contributed by atoms with E-state index in [9.17, 15) is 0 Å². The van der Waals surface area contributed by atoms with E-state index < -0.39 is 0 Å². The number of hydrogen-bond donors (Lipinski definition) is 2. The van der Waals surface area contributed by atoms with Gasteiger partial charge in [0, 0.05) is 25.7 Å². The van der Waals surface area contributed by atoms with E-state index in [0.717, 1.165) is 5.56 Å². The maximum Gasteiger partial charge on any atom is 0.203 e. The minimum absolute atomic E-state index is 0.539. The van der Waals surface area contributed by atoms with Crippen LogP contribution in [0.3, 0.4) is 0 Å². The second kappa shape index (κ2) is 9.56. The summed E-state index contributed by atoms with van der Waals surface area (Å²) in [6, 6.07) is 12.2. The van der Waals surface area contributed by atoms with Crippen molar-refractivity contribution >= 4 is 5.96 Å². The number of nitrogens with zero attached hydrogens (tertiary/aromatic N) is 1.